The number of nitrogens with zero attached hydrogens (tertiary/aromatic N) is 2. The van der Waals surface area contributed by atoms with Crippen LogP contribution in [0, 0.1) is 11.7 Å². The highest BCUT2D eigenvalue weighted by Gasteiger charge is 2.38. The average Bonchev–Trinajstić information content (AvgIpc) is 3.39. The molecule has 1 saturated heterocycles. The minimum Gasteiger partial charge on any atom is -0.351 e. The van der Waals surface area contributed by atoms with Gasteiger partial charge in [0.25, 0.3) is 0 Å². The van der Waals surface area contributed by atoms with Crippen LogP contribution in [-0.2, 0) is 16.1 Å². The van der Waals surface area contributed by atoms with Crippen LogP contribution in [-0.4, -0.2) is 53.8 Å². The molecule has 0 spiro atoms. The fraction of sp³-hybridized carbons (Fsp3) is 0.500. The zero-order valence-electron chi connectivity index (χ0n) is 20.1. The second-order valence-electron chi connectivity index (χ2n) is 9.53. The minimum absolute atomic E-state index is 0.0225. The van der Waals surface area contributed by atoms with E-state index in [-0.39, 0.29) is 36.1 Å². The Morgan fingerprint density at radius 2 is 1.62 bits per heavy atom. The largest absolute Gasteiger partial charge is 0.351 e. The van der Waals surface area contributed by atoms with Crippen LogP contribution in [0.15, 0.2) is 54.6 Å². The van der Waals surface area contributed by atoms with Crippen LogP contribution < -0.4 is 5.32 Å². The van der Waals surface area contributed by atoms with Gasteiger partial charge in [-0.1, -0.05) is 68.3 Å². The Kier molecular flexibility index (Phi) is 8.33. The first-order valence-electron chi connectivity index (χ1n) is 12.7. The van der Waals surface area contributed by atoms with Gasteiger partial charge in [-0.25, -0.2) is 4.39 Å². The van der Waals surface area contributed by atoms with E-state index in [1.165, 1.54) is 6.07 Å². The number of hydrogen-bond donors (Lipinski definition) is 1. The Bertz CT molecular complexity index is 953. The zero-order valence-corrected chi connectivity index (χ0v) is 20.1. The molecule has 1 aliphatic heterocycles. The highest BCUT2D eigenvalue weighted by atomic mass is 19.1. The van der Waals surface area contributed by atoms with Crippen molar-refractivity contribution in [2.45, 2.75) is 57.5 Å². The van der Waals surface area contributed by atoms with E-state index in [9.17, 15) is 14.0 Å². The number of hydrogen-bond acceptors (Lipinski definition) is 3. The Hall–Kier alpha value is -2.73. The molecule has 2 aromatic rings. The predicted molar refractivity (Wildman–Crippen MR) is 132 cm³/mol. The summed E-state index contributed by atoms with van der Waals surface area (Å²) in [4.78, 5) is 30.8. The van der Waals surface area contributed by atoms with Gasteiger partial charge in [0.15, 0.2) is 0 Å². The molecule has 1 N–H and O–H groups in total. The molecular weight excluding hydrogens is 429 g/mol. The van der Waals surface area contributed by atoms with E-state index in [1.54, 1.807) is 18.2 Å². The van der Waals surface area contributed by atoms with Crippen molar-refractivity contribution in [2.24, 2.45) is 5.92 Å². The first-order valence-corrected chi connectivity index (χ1v) is 12.7. The maximum Gasteiger partial charge on any atom is 0.237 e. The first kappa shape index (κ1) is 24.4. The summed E-state index contributed by atoms with van der Waals surface area (Å²) >= 11 is 0. The van der Waals surface area contributed by atoms with Gasteiger partial charge >= 0.3 is 0 Å². The summed E-state index contributed by atoms with van der Waals surface area (Å²) in [7, 11) is 0. The molecule has 1 saturated carbocycles. The van der Waals surface area contributed by atoms with Crippen molar-refractivity contribution in [3.63, 3.8) is 0 Å². The smallest absolute Gasteiger partial charge is 0.237 e. The molecule has 2 aliphatic rings. The van der Waals surface area contributed by atoms with E-state index in [0.717, 1.165) is 37.7 Å². The van der Waals surface area contributed by atoms with Gasteiger partial charge < -0.3 is 10.2 Å². The summed E-state index contributed by atoms with van der Waals surface area (Å²) in [6.45, 7) is 4.89. The fourth-order valence-corrected chi connectivity index (χ4v) is 5.56. The zero-order chi connectivity index (χ0) is 23.9. The Labute approximate surface area is 202 Å². The lowest BCUT2D eigenvalue weighted by Gasteiger charge is -2.41. The molecular formula is C28H36FN3O2. The highest BCUT2D eigenvalue weighted by molar-refractivity contribution is 5.84. The van der Waals surface area contributed by atoms with E-state index in [0.29, 0.717) is 37.7 Å². The van der Waals surface area contributed by atoms with Crippen molar-refractivity contribution >= 4 is 11.8 Å². The maximum absolute atomic E-state index is 14.0. The van der Waals surface area contributed by atoms with Crippen LogP contribution >= 0.6 is 0 Å². The van der Waals surface area contributed by atoms with Crippen LogP contribution in [0.2, 0.25) is 0 Å². The van der Waals surface area contributed by atoms with E-state index in [2.05, 4.69) is 17.1 Å². The molecule has 0 radical (unpaired) electrons. The van der Waals surface area contributed by atoms with Gasteiger partial charge in [-0.3, -0.25) is 14.5 Å². The van der Waals surface area contributed by atoms with Gasteiger partial charge in [0.2, 0.25) is 11.8 Å². The normalized spacial score (nSPS) is 19.1. The van der Waals surface area contributed by atoms with Gasteiger partial charge in [0.05, 0.1) is 12.0 Å². The summed E-state index contributed by atoms with van der Waals surface area (Å²) in [5, 5.41) is 3.00. The third kappa shape index (κ3) is 5.66. The summed E-state index contributed by atoms with van der Waals surface area (Å²) < 4.78 is 14.0. The molecule has 0 bridgehead atoms. The molecule has 34 heavy (non-hydrogen) atoms. The summed E-state index contributed by atoms with van der Waals surface area (Å²) in [6.07, 6.45) is 5.16. The highest BCUT2D eigenvalue weighted by Crippen LogP contribution is 2.31. The summed E-state index contributed by atoms with van der Waals surface area (Å²) in [5.41, 5.74) is 1.57. The lowest BCUT2D eigenvalue weighted by molar-refractivity contribution is -0.136. The molecule has 6 heteroatoms. The number of carbonyl (C=O) groups is 2. The second-order valence-corrected chi connectivity index (χ2v) is 9.53. The molecule has 182 valence electrons. The van der Waals surface area contributed by atoms with E-state index in [1.807, 2.05) is 35.2 Å². The van der Waals surface area contributed by atoms with Gasteiger partial charge in [0.1, 0.15) is 5.82 Å². The van der Waals surface area contributed by atoms with Crippen molar-refractivity contribution in [3.05, 3.63) is 71.5 Å². The van der Waals surface area contributed by atoms with Crippen molar-refractivity contribution in [3.8, 4) is 0 Å². The van der Waals surface area contributed by atoms with Crippen LogP contribution in [0.3, 0.4) is 0 Å². The van der Waals surface area contributed by atoms with E-state index >= 15 is 0 Å². The van der Waals surface area contributed by atoms with Crippen molar-refractivity contribution < 1.29 is 14.0 Å². The number of carbonyl (C=O) groups excluding carboxylic acids is 2. The number of halogens is 1. The Balaban J connectivity index is 1.39. The molecule has 2 amide bonds. The number of nitrogens with one attached hydrogen (secondary N) is 1. The predicted octanol–water partition coefficient (Wildman–Crippen LogP) is 4.34. The van der Waals surface area contributed by atoms with Gasteiger partial charge in [-0.15, -0.1) is 0 Å². The van der Waals surface area contributed by atoms with Crippen molar-refractivity contribution in [1.82, 2.24) is 15.1 Å². The maximum atomic E-state index is 14.0. The molecule has 1 heterocycles. The fourth-order valence-electron chi connectivity index (χ4n) is 5.56. The van der Waals surface area contributed by atoms with Crippen LogP contribution in [0.4, 0.5) is 4.39 Å². The van der Waals surface area contributed by atoms with Crippen LogP contribution in [0.25, 0.3) is 0 Å². The number of rotatable bonds is 8. The minimum atomic E-state index is -0.295. The number of piperazine rings is 1. The molecule has 2 aromatic carbocycles. The summed E-state index contributed by atoms with van der Waals surface area (Å²) in [6, 6.07) is 16.3. The topological polar surface area (TPSA) is 52.7 Å². The van der Waals surface area contributed by atoms with Crippen molar-refractivity contribution in [2.75, 3.05) is 26.2 Å². The first-order chi connectivity index (χ1) is 16.6. The average molecular weight is 466 g/mol. The molecule has 2 atom stereocenters. The summed E-state index contributed by atoms with van der Waals surface area (Å²) in [5.74, 6) is 0.0506. The third-order valence-corrected chi connectivity index (χ3v) is 7.45. The lowest BCUT2D eigenvalue weighted by Crippen LogP contribution is -2.58. The monoisotopic (exact) mass is 465 g/mol. The molecule has 4 rings (SSSR count). The van der Waals surface area contributed by atoms with Crippen LogP contribution in [0.1, 0.15) is 56.1 Å². The van der Waals surface area contributed by atoms with E-state index < -0.39 is 0 Å². The standard InChI is InChI=1S/C28H36FN3O2/c1-2-24(21-10-4-3-5-11-21)28(34)32-18-16-31(17-19-32)26(22-12-6-7-13-22)27(33)30-20-23-14-8-9-15-25(23)29/h3-5,8-11,14-15,22,24,26H,2,6-7,12-13,16-20H2,1H3,(H,30,33). The van der Waals surface area contributed by atoms with Gasteiger partial charge in [-0.2, -0.15) is 0 Å². The quantitative estimate of drug-likeness (QED) is 0.631. The van der Waals surface area contributed by atoms with Gasteiger partial charge in [0, 0.05) is 38.3 Å². The third-order valence-electron chi connectivity index (χ3n) is 7.45. The number of benzene rings is 2. The van der Waals surface area contributed by atoms with Crippen LogP contribution in [0.5, 0.6) is 0 Å². The molecule has 5 nitrogen and oxygen atoms in total. The Morgan fingerprint density at radius 1 is 0.971 bits per heavy atom. The SMILES string of the molecule is CCC(C(=O)N1CCN(C(C(=O)NCc2ccccc2F)C2CCCC2)CC1)c1ccccc1. The number of amides is 2. The molecule has 2 fully saturated rings. The Morgan fingerprint density at radius 3 is 2.26 bits per heavy atom. The van der Waals surface area contributed by atoms with E-state index in [4.69, 9.17) is 0 Å². The van der Waals surface area contributed by atoms with Crippen molar-refractivity contribution in [1.29, 1.82) is 0 Å². The lowest BCUT2D eigenvalue weighted by atomic mass is 9.93. The molecule has 0 aromatic heterocycles. The van der Waals surface area contributed by atoms with Gasteiger partial charge in [-0.05, 0) is 36.8 Å². The molecule has 2 unspecified atom stereocenters. The second kappa shape index (κ2) is 11.6. The molecule has 1 aliphatic carbocycles.